The first kappa shape index (κ1) is 13.6. The Morgan fingerprint density at radius 2 is 2.11 bits per heavy atom. The van der Waals surface area contributed by atoms with E-state index >= 15 is 0 Å². The van der Waals surface area contributed by atoms with Gasteiger partial charge in [0.15, 0.2) is 6.10 Å². The van der Waals surface area contributed by atoms with Crippen molar-refractivity contribution in [3.63, 3.8) is 0 Å². The quantitative estimate of drug-likeness (QED) is 0.810. The Labute approximate surface area is 116 Å². The molecule has 5 heteroatoms. The molecule has 0 bridgehead atoms. The minimum Gasteiger partial charge on any atom is -0.478 e. The number of esters is 1. The predicted octanol–water partition coefficient (Wildman–Crippen LogP) is 3.14. The second-order valence-corrected chi connectivity index (χ2v) is 4.64. The van der Waals surface area contributed by atoms with Crippen LogP contribution in [0.5, 0.6) is 5.75 Å². The van der Waals surface area contributed by atoms with Crippen LogP contribution < -0.4 is 4.74 Å². The van der Waals surface area contributed by atoms with Gasteiger partial charge in [0.05, 0.1) is 12.6 Å². The Morgan fingerprint density at radius 3 is 2.79 bits per heavy atom. The number of aryl methyl sites for hydroxylation is 1. The van der Waals surface area contributed by atoms with Crippen LogP contribution in [-0.4, -0.2) is 24.2 Å². The summed E-state index contributed by atoms with van der Waals surface area (Å²) in [5.74, 6) is 0.175. The molecule has 0 aliphatic rings. The maximum atomic E-state index is 11.4. The molecule has 0 radical (unpaired) electrons. The normalized spacial score (nSPS) is 12.2. The van der Waals surface area contributed by atoms with Gasteiger partial charge in [0.1, 0.15) is 5.75 Å². The van der Waals surface area contributed by atoms with Crippen molar-refractivity contribution in [3.8, 4) is 5.75 Å². The van der Waals surface area contributed by atoms with Crippen LogP contribution in [0, 0.1) is 6.92 Å². The predicted molar refractivity (Wildman–Crippen MR) is 73.6 cm³/mol. The van der Waals surface area contributed by atoms with Gasteiger partial charge < -0.3 is 9.47 Å². The van der Waals surface area contributed by atoms with Crippen molar-refractivity contribution in [2.45, 2.75) is 20.0 Å². The summed E-state index contributed by atoms with van der Waals surface area (Å²) >= 11 is 5.95. The number of pyridine rings is 1. The largest absolute Gasteiger partial charge is 0.478 e. The molecular formula is C14H14ClNO3. The fourth-order valence-corrected chi connectivity index (χ4v) is 1.96. The van der Waals surface area contributed by atoms with Gasteiger partial charge in [0, 0.05) is 22.2 Å². The zero-order valence-corrected chi connectivity index (χ0v) is 11.7. The van der Waals surface area contributed by atoms with Crippen molar-refractivity contribution >= 4 is 28.5 Å². The molecule has 1 unspecified atom stereocenters. The highest BCUT2D eigenvalue weighted by Crippen LogP contribution is 2.28. The molecule has 1 heterocycles. The molecule has 4 nitrogen and oxygen atoms in total. The molecule has 100 valence electrons. The second-order valence-electron chi connectivity index (χ2n) is 4.21. The molecule has 0 aliphatic heterocycles. The summed E-state index contributed by atoms with van der Waals surface area (Å²) in [6.07, 6.45) is -0.675. The first-order valence-corrected chi connectivity index (χ1v) is 6.20. The van der Waals surface area contributed by atoms with Gasteiger partial charge in [-0.25, -0.2) is 4.79 Å². The van der Waals surface area contributed by atoms with Crippen LogP contribution in [0.4, 0.5) is 0 Å². The lowest BCUT2D eigenvalue weighted by Gasteiger charge is -2.14. The van der Waals surface area contributed by atoms with E-state index in [4.69, 9.17) is 16.3 Å². The number of hydrogen-bond donors (Lipinski definition) is 0. The molecule has 0 amide bonds. The first-order valence-electron chi connectivity index (χ1n) is 5.82. The lowest BCUT2D eigenvalue weighted by molar-refractivity contribution is -0.147. The summed E-state index contributed by atoms with van der Waals surface area (Å²) in [6.45, 7) is 3.50. The van der Waals surface area contributed by atoms with Crippen LogP contribution in [0.3, 0.4) is 0 Å². The van der Waals surface area contributed by atoms with E-state index in [-0.39, 0.29) is 0 Å². The lowest BCUT2D eigenvalue weighted by atomic mass is 10.2. The maximum Gasteiger partial charge on any atom is 0.346 e. The second kappa shape index (κ2) is 5.45. The molecule has 0 saturated carbocycles. The molecule has 1 atom stereocenters. The van der Waals surface area contributed by atoms with Gasteiger partial charge in [-0.2, -0.15) is 0 Å². The van der Waals surface area contributed by atoms with Gasteiger partial charge in [-0.05, 0) is 32.0 Å². The summed E-state index contributed by atoms with van der Waals surface area (Å²) < 4.78 is 10.3. The Bertz CT molecular complexity index is 622. The zero-order valence-electron chi connectivity index (χ0n) is 10.9. The number of carbonyl (C=O) groups excluding carboxylic acids is 1. The Hall–Kier alpha value is -1.81. The Morgan fingerprint density at radius 1 is 1.37 bits per heavy atom. The number of aromatic nitrogens is 1. The van der Waals surface area contributed by atoms with E-state index < -0.39 is 12.1 Å². The molecule has 2 aromatic rings. The third-order valence-corrected chi connectivity index (χ3v) is 2.93. The van der Waals surface area contributed by atoms with E-state index in [2.05, 4.69) is 9.72 Å². The number of methoxy groups -OCH3 is 1. The molecular weight excluding hydrogens is 266 g/mol. The van der Waals surface area contributed by atoms with Crippen LogP contribution >= 0.6 is 11.6 Å². The number of fused-ring (bicyclic) bond motifs is 1. The molecule has 0 N–H and O–H groups in total. The van der Waals surface area contributed by atoms with Gasteiger partial charge in [0.2, 0.25) is 0 Å². The van der Waals surface area contributed by atoms with E-state index in [1.165, 1.54) is 7.11 Å². The van der Waals surface area contributed by atoms with Gasteiger partial charge in [0.25, 0.3) is 0 Å². The molecule has 0 fully saturated rings. The number of hydrogen-bond acceptors (Lipinski definition) is 4. The highest BCUT2D eigenvalue weighted by atomic mass is 35.5. The van der Waals surface area contributed by atoms with Gasteiger partial charge >= 0.3 is 5.97 Å². The van der Waals surface area contributed by atoms with E-state index in [9.17, 15) is 4.79 Å². The molecule has 0 aliphatic carbocycles. The van der Waals surface area contributed by atoms with E-state index in [0.717, 1.165) is 16.6 Å². The monoisotopic (exact) mass is 279 g/mol. The topological polar surface area (TPSA) is 48.4 Å². The molecule has 0 spiro atoms. The van der Waals surface area contributed by atoms with Gasteiger partial charge in [-0.15, -0.1) is 0 Å². The highest BCUT2D eigenvalue weighted by molar-refractivity contribution is 6.31. The molecule has 1 aromatic heterocycles. The number of carbonyl (C=O) groups is 1. The first-order chi connectivity index (χ1) is 9.01. The summed E-state index contributed by atoms with van der Waals surface area (Å²) in [5, 5.41) is 1.42. The minimum atomic E-state index is -0.675. The standard InChI is InChI=1S/C14H14ClNO3/c1-8-6-13(19-9(2)14(17)18-3)11-5-4-10(15)7-12(11)16-8/h4-7,9H,1-3H3. The van der Waals surface area contributed by atoms with Crippen LogP contribution in [-0.2, 0) is 9.53 Å². The average Bonchev–Trinajstić information content (AvgIpc) is 2.36. The molecule has 2 rings (SSSR count). The summed E-state index contributed by atoms with van der Waals surface area (Å²) in [5.41, 5.74) is 1.53. The van der Waals surface area contributed by atoms with Crippen molar-refractivity contribution in [3.05, 3.63) is 35.0 Å². The van der Waals surface area contributed by atoms with E-state index in [1.54, 1.807) is 25.1 Å². The molecule has 1 aromatic carbocycles. The van der Waals surface area contributed by atoms with Crippen LogP contribution in [0.15, 0.2) is 24.3 Å². The number of halogens is 1. The third kappa shape index (κ3) is 2.96. The van der Waals surface area contributed by atoms with Gasteiger partial charge in [-0.1, -0.05) is 11.6 Å². The SMILES string of the molecule is COC(=O)C(C)Oc1cc(C)nc2cc(Cl)ccc12. The van der Waals surface area contributed by atoms with Crippen molar-refractivity contribution in [1.29, 1.82) is 0 Å². The van der Waals surface area contributed by atoms with E-state index in [1.807, 2.05) is 13.0 Å². The Kier molecular flexibility index (Phi) is 3.90. The summed E-state index contributed by atoms with van der Waals surface area (Å²) in [4.78, 5) is 15.8. The maximum absolute atomic E-state index is 11.4. The smallest absolute Gasteiger partial charge is 0.346 e. The number of rotatable bonds is 3. The minimum absolute atomic E-state index is 0.420. The summed E-state index contributed by atoms with van der Waals surface area (Å²) in [6, 6.07) is 7.13. The average molecular weight is 280 g/mol. The van der Waals surface area contributed by atoms with Crippen LogP contribution in [0.2, 0.25) is 5.02 Å². The van der Waals surface area contributed by atoms with Crippen molar-refractivity contribution in [2.75, 3.05) is 7.11 Å². The summed E-state index contributed by atoms with van der Waals surface area (Å²) in [7, 11) is 1.33. The number of ether oxygens (including phenoxy) is 2. The fraction of sp³-hybridized carbons (Fsp3) is 0.286. The fourth-order valence-electron chi connectivity index (χ4n) is 1.80. The lowest BCUT2D eigenvalue weighted by Crippen LogP contribution is -2.25. The van der Waals surface area contributed by atoms with Gasteiger partial charge in [-0.3, -0.25) is 4.98 Å². The van der Waals surface area contributed by atoms with Crippen LogP contribution in [0.1, 0.15) is 12.6 Å². The van der Waals surface area contributed by atoms with Crippen molar-refractivity contribution < 1.29 is 14.3 Å². The third-order valence-electron chi connectivity index (χ3n) is 2.70. The molecule has 19 heavy (non-hydrogen) atoms. The molecule has 0 saturated heterocycles. The van der Waals surface area contributed by atoms with Crippen molar-refractivity contribution in [2.24, 2.45) is 0 Å². The van der Waals surface area contributed by atoms with Crippen molar-refractivity contribution in [1.82, 2.24) is 4.98 Å². The zero-order chi connectivity index (χ0) is 14.0. The number of benzene rings is 1. The number of nitrogens with zero attached hydrogens (tertiary/aromatic N) is 1. The highest BCUT2D eigenvalue weighted by Gasteiger charge is 2.16. The van der Waals surface area contributed by atoms with E-state index in [0.29, 0.717) is 10.8 Å². The Balaban J connectivity index is 2.45. The van der Waals surface area contributed by atoms with Crippen LogP contribution in [0.25, 0.3) is 10.9 Å².